The molecule has 1 aromatic rings. The lowest BCUT2D eigenvalue weighted by molar-refractivity contribution is 0.593. The van der Waals surface area contributed by atoms with Crippen LogP contribution in [-0.4, -0.2) is 27.3 Å². The second-order valence-electron chi connectivity index (χ2n) is 4.48. The van der Waals surface area contributed by atoms with Crippen LogP contribution in [0.5, 0.6) is 0 Å². The van der Waals surface area contributed by atoms with Gasteiger partial charge >= 0.3 is 0 Å². The minimum Gasteiger partial charge on any atom is -0.317 e. The predicted octanol–water partition coefficient (Wildman–Crippen LogP) is 2.78. The third kappa shape index (κ3) is 6.27. The Hall–Kier alpha value is -0.780. The van der Waals surface area contributed by atoms with Crippen molar-refractivity contribution in [1.29, 1.82) is 0 Å². The third-order valence-corrected chi connectivity index (χ3v) is 4.25. The molecule has 108 valence electrons. The van der Waals surface area contributed by atoms with Crippen LogP contribution in [0.3, 0.4) is 0 Å². The van der Waals surface area contributed by atoms with E-state index >= 15 is 0 Å². The smallest absolute Gasteiger partial charge is 0.232 e. The predicted molar refractivity (Wildman–Crippen MR) is 81.4 cm³/mol. The van der Waals surface area contributed by atoms with Gasteiger partial charge in [-0.3, -0.25) is 4.72 Å². The molecule has 0 saturated heterocycles. The normalized spacial score (nSPS) is 11.5. The summed E-state index contributed by atoms with van der Waals surface area (Å²) in [5.41, 5.74) is 1.41. The monoisotopic (exact) mass is 304 g/mol. The molecule has 19 heavy (non-hydrogen) atoms. The van der Waals surface area contributed by atoms with Gasteiger partial charge in [0, 0.05) is 5.02 Å². The Morgan fingerprint density at radius 1 is 1.26 bits per heavy atom. The average Bonchev–Trinajstić information content (AvgIpc) is 2.33. The van der Waals surface area contributed by atoms with Crippen LogP contribution in [-0.2, 0) is 10.0 Å². The highest BCUT2D eigenvalue weighted by Gasteiger charge is 2.11. The Bertz CT molecular complexity index is 503. The van der Waals surface area contributed by atoms with Crippen molar-refractivity contribution in [2.24, 2.45) is 0 Å². The number of nitrogens with one attached hydrogen (secondary N) is 2. The number of halogens is 1. The first-order chi connectivity index (χ1) is 8.94. The van der Waals surface area contributed by atoms with Gasteiger partial charge in [0.1, 0.15) is 0 Å². The lowest BCUT2D eigenvalue weighted by Crippen LogP contribution is -2.22. The zero-order valence-electron chi connectivity index (χ0n) is 11.4. The van der Waals surface area contributed by atoms with E-state index in [2.05, 4.69) is 17.0 Å². The molecule has 0 unspecified atom stereocenters. The minimum absolute atomic E-state index is 0.107. The molecule has 0 aromatic heterocycles. The summed E-state index contributed by atoms with van der Waals surface area (Å²) >= 11 is 5.86. The second kappa shape index (κ2) is 7.72. The van der Waals surface area contributed by atoms with E-state index in [0.29, 0.717) is 23.7 Å². The molecule has 0 aliphatic rings. The molecule has 0 atom stereocenters. The Morgan fingerprint density at radius 2 is 2.00 bits per heavy atom. The summed E-state index contributed by atoms with van der Waals surface area (Å²) in [4.78, 5) is 0. The van der Waals surface area contributed by atoms with Gasteiger partial charge in [-0.2, -0.15) is 0 Å². The van der Waals surface area contributed by atoms with E-state index in [0.717, 1.165) is 18.5 Å². The summed E-state index contributed by atoms with van der Waals surface area (Å²) in [6.45, 7) is 5.55. The molecule has 0 spiro atoms. The molecule has 2 N–H and O–H groups in total. The standard InChI is InChI=1S/C13H21ClN2O2S/c1-3-7-15-8-4-9-19(17,18)16-13-10-12(14)6-5-11(13)2/h5-6,10,15-16H,3-4,7-9H2,1-2H3. The molecular weight excluding hydrogens is 284 g/mol. The summed E-state index contributed by atoms with van der Waals surface area (Å²) in [6, 6.07) is 5.16. The van der Waals surface area contributed by atoms with Gasteiger partial charge in [0.15, 0.2) is 0 Å². The first-order valence-electron chi connectivity index (χ1n) is 6.42. The Kier molecular flexibility index (Phi) is 6.62. The van der Waals surface area contributed by atoms with Crippen LogP contribution >= 0.6 is 11.6 Å². The van der Waals surface area contributed by atoms with Gasteiger partial charge in [-0.15, -0.1) is 0 Å². The molecule has 6 heteroatoms. The topological polar surface area (TPSA) is 58.2 Å². The van der Waals surface area contributed by atoms with Crippen LogP contribution in [0, 0.1) is 6.92 Å². The summed E-state index contributed by atoms with van der Waals surface area (Å²) < 4.78 is 26.4. The lowest BCUT2D eigenvalue weighted by Gasteiger charge is -2.11. The van der Waals surface area contributed by atoms with E-state index in [4.69, 9.17) is 11.6 Å². The second-order valence-corrected chi connectivity index (χ2v) is 6.76. The molecule has 0 aliphatic heterocycles. The van der Waals surface area contributed by atoms with Crippen molar-refractivity contribution in [2.45, 2.75) is 26.7 Å². The van der Waals surface area contributed by atoms with Gasteiger partial charge in [0.2, 0.25) is 10.0 Å². The summed E-state index contributed by atoms with van der Waals surface area (Å²) in [7, 11) is -3.31. The fourth-order valence-electron chi connectivity index (χ4n) is 1.61. The van der Waals surface area contributed by atoms with Gasteiger partial charge in [0.05, 0.1) is 11.4 Å². The fraction of sp³-hybridized carbons (Fsp3) is 0.538. The number of benzene rings is 1. The van der Waals surface area contributed by atoms with Crippen molar-refractivity contribution in [1.82, 2.24) is 5.32 Å². The van der Waals surface area contributed by atoms with Gasteiger partial charge in [-0.1, -0.05) is 24.6 Å². The molecule has 0 saturated carbocycles. The van der Waals surface area contributed by atoms with Crippen LogP contribution in [0.25, 0.3) is 0 Å². The molecule has 4 nitrogen and oxygen atoms in total. The summed E-state index contributed by atoms with van der Waals surface area (Å²) in [5.74, 6) is 0.107. The quantitative estimate of drug-likeness (QED) is 0.726. The molecule has 0 aliphatic carbocycles. The lowest BCUT2D eigenvalue weighted by atomic mass is 10.2. The highest BCUT2D eigenvalue weighted by Crippen LogP contribution is 2.21. The van der Waals surface area contributed by atoms with E-state index in [9.17, 15) is 8.42 Å². The van der Waals surface area contributed by atoms with E-state index in [1.54, 1.807) is 18.2 Å². The van der Waals surface area contributed by atoms with Crippen molar-refractivity contribution >= 4 is 27.3 Å². The summed E-state index contributed by atoms with van der Waals surface area (Å²) in [5, 5.41) is 3.70. The van der Waals surface area contributed by atoms with E-state index < -0.39 is 10.0 Å². The maximum absolute atomic E-state index is 11.9. The largest absolute Gasteiger partial charge is 0.317 e. The fourth-order valence-corrected chi connectivity index (χ4v) is 2.97. The van der Waals surface area contributed by atoms with Crippen molar-refractivity contribution in [2.75, 3.05) is 23.6 Å². The Labute approximate surface area is 120 Å². The van der Waals surface area contributed by atoms with Gasteiger partial charge in [-0.25, -0.2) is 8.42 Å². The van der Waals surface area contributed by atoms with E-state index in [1.807, 2.05) is 6.92 Å². The molecule has 0 amide bonds. The molecule has 0 heterocycles. The molecule has 0 fully saturated rings. The number of anilines is 1. The SMILES string of the molecule is CCCNCCCS(=O)(=O)Nc1cc(Cl)ccc1C. The molecule has 0 bridgehead atoms. The van der Waals surface area contributed by atoms with Crippen LogP contribution in [0.4, 0.5) is 5.69 Å². The molecule has 1 aromatic carbocycles. The third-order valence-electron chi connectivity index (χ3n) is 2.66. The Balaban J connectivity index is 2.52. The summed E-state index contributed by atoms with van der Waals surface area (Å²) in [6.07, 6.45) is 1.64. The Morgan fingerprint density at radius 3 is 2.68 bits per heavy atom. The van der Waals surface area contributed by atoms with Gasteiger partial charge in [0.25, 0.3) is 0 Å². The van der Waals surface area contributed by atoms with Crippen LogP contribution in [0.15, 0.2) is 18.2 Å². The van der Waals surface area contributed by atoms with Crippen molar-refractivity contribution in [3.63, 3.8) is 0 Å². The van der Waals surface area contributed by atoms with Gasteiger partial charge < -0.3 is 5.32 Å². The molecular formula is C13H21ClN2O2S. The zero-order valence-corrected chi connectivity index (χ0v) is 12.9. The molecule has 0 radical (unpaired) electrons. The van der Waals surface area contributed by atoms with E-state index in [-0.39, 0.29) is 5.75 Å². The number of hydrogen-bond donors (Lipinski definition) is 2. The van der Waals surface area contributed by atoms with Crippen LogP contribution in [0.2, 0.25) is 5.02 Å². The highest BCUT2D eigenvalue weighted by molar-refractivity contribution is 7.92. The number of hydrogen-bond acceptors (Lipinski definition) is 3. The maximum Gasteiger partial charge on any atom is 0.232 e. The molecule has 1 rings (SSSR count). The number of sulfonamides is 1. The first-order valence-corrected chi connectivity index (χ1v) is 8.45. The van der Waals surface area contributed by atoms with Gasteiger partial charge in [-0.05, 0) is 50.6 Å². The van der Waals surface area contributed by atoms with Crippen molar-refractivity contribution in [3.8, 4) is 0 Å². The number of rotatable bonds is 8. The van der Waals surface area contributed by atoms with Crippen molar-refractivity contribution < 1.29 is 8.42 Å². The van der Waals surface area contributed by atoms with Crippen LogP contribution < -0.4 is 10.0 Å². The number of aryl methyl sites for hydroxylation is 1. The zero-order chi connectivity index (χ0) is 14.3. The van der Waals surface area contributed by atoms with Crippen LogP contribution in [0.1, 0.15) is 25.3 Å². The maximum atomic E-state index is 11.9. The van der Waals surface area contributed by atoms with E-state index in [1.165, 1.54) is 0 Å². The highest BCUT2D eigenvalue weighted by atomic mass is 35.5. The average molecular weight is 305 g/mol. The first kappa shape index (κ1) is 16.3. The minimum atomic E-state index is -3.31. The van der Waals surface area contributed by atoms with Crippen molar-refractivity contribution in [3.05, 3.63) is 28.8 Å².